The van der Waals surface area contributed by atoms with E-state index in [1.807, 2.05) is 6.07 Å². The first-order valence-electron chi connectivity index (χ1n) is 2.48. The van der Waals surface area contributed by atoms with E-state index in [0.717, 1.165) is 0 Å². The average Bonchev–Trinajstić information content (AvgIpc) is 2.10. The van der Waals surface area contributed by atoms with Gasteiger partial charge in [-0.2, -0.15) is 17.7 Å². The second kappa shape index (κ2) is 7.00. The van der Waals surface area contributed by atoms with Crippen molar-refractivity contribution in [2.24, 2.45) is 0 Å². The molecule has 57 valence electrons. The molecule has 0 spiro atoms. The molecule has 0 saturated carbocycles. The fourth-order valence-corrected chi connectivity index (χ4v) is 0.506. The molecule has 1 nitrogen and oxygen atoms in total. The molecule has 1 rings (SSSR count). The summed E-state index contributed by atoms with van der Waals surface area (Å²) in [7, 11) is 0. The van der Waals surface area contributed by atoms with E-state index in [1.165, 1.54) is 0 Å². The SMILES string of the molecule is O=[C-]c1ccccc1.[Cu+][Br]. The van der Waals surface area contributed by atoms with Crippen LogP contribution in [-0.4, -0.2) is 6.29 Å². The van der Waals surface area contributed by atoms with Crippen molar-refractivity contribution >= 4 is 20.4 Å². The number of rotatable bonds is 1. The van der Waals surface area contributed by atoms with Crippen LogP contribution < -0.4 is 0 Å². The quantitative estimate of drug-likeness (QED) is 0.549. The summed E-state index contributed by atoms with van der Waals surface area (Å²) in [5.74, 6) is 0. The molecule has 0 bridgehead atoms. The van der Waals surface area contributed by atoms with Gasteiger partial charge in [0.05, 0.1) is 6.29 Å². The first-order valence-corrected chi connectivity index (χ1v) is 4.81. The Hall–Kier alpha value is -0.111. The summed E-state index contributed by atoms with van der Waals surface area (Å²) >= 11 is 6.50. The number of hydrogen-bond acceptors (Lipinski definition) is 1. The summed E-state index contributed by atoms with van der Waals surface area (Å²) in [4.78, 5) is 9.88. The fraction of sp³-hybridized carbons (Fsp3) is 0. The molecule has 0 heterocycles. The number of halogens is 1. The Morgan fingerprint density at radius 1 is 1.20 bits per heavy atom. The van der Waals surface area contributed by atoms with Crippen molar-refractivity contribution < 1.29 is 19.0 Å². The Morgan fingerprint density at radius 2 is 1.70 bits per heavy atom. The first-order chi connectivity index (χ1) is 4.93. The molecule has 0 radical (unpaired) electrons. The maximum absolute atomic E-state index is 9.88. The van der Waals surface area contributed by atoms with Gasteiger partial charge in [-0.3, -0.25) is 0 Å². The van der Waals surface area contributed by atoms with E-state index in [0.29, 0.717) is 5.56 Å². The maximum atomic E-state index is 9.88. The summed E-state index contributed by atoms with van der Waals surface area (Å²) in [6, 6.07) is 8.90. The van der Waals surface area contributed by atoms with Gasteiger partial charge in [-0.05, 0) is 0 Å². The zero-order chi connectivity index (χ0) is 7.82. The Labute approximate surface area is 75.3 Å². The minimum absolute atomic E-state index is 0.604. The summed E-state index contributed by atoms with van der Waals surface area (Å²) in [5, 5.41) is 0. The third-order valence-electron chi connectivity index (χ3n) is 0.892. The molecule has 0 aliphatic carbocycles. The van der Waals surface area contributed by atoms with Gasteiger partial charge in [0.2, 0.25) is 0 Å². The van der Waals surface area contributed by atoms with E-state index in [1.54, 1.807) is 30.6 Å². The van der Waals surface area contributed by atoms with Gasteiger partial charge in [0, 0.05) is 0 Å². The van der Waals surface area contributed by atoms with Crippen LogP contribution in [-0.2, 0) is 19.0 Å². The molecule has 0 aromatic heterocycles. The summed E-state index contributed by atoms with van der Waals surface area (Å²) < 4.78 is 0. The van der Waals surface area contributed by atoms with Gasteiger partial charge in [0.25, 0.3) is 0 Å². The molecule has 3 heteroatoms. The van der Waals surface area contributed by atoms with Crippen molar-refractivity contribution in [2.45, 2.75) is 0 Å². The van der Waals surface area contributed by atoms with Crippen LogP contribution in [0.5, 0.6) is 0 Å². The Morgan fingerprint density at radius 3 is 2.00 bits per heavy atom. The zero-order valence-electron chi connectivity index (χ0n) is 4.97. The molecule has 1 aromatic rings. The van der Waals surface area contributed by atoms with Crippen molar-refractivity contribution in [1.29, 1.82) is 0 Å². The summed E-state index contributed by atoms with van der Waals surface area (Å²) in [6.45, 7) is 0. The van der Waals surface area contributed by atoms with Crippen molar-refractivity contribution in [3.05, 3.63) is 35.9 Å². The van der Waals surface area contributed by atoms with Crippen molar-refractivity contribution in [3.63, 3.8) is 0 Å². The van der Waals surface area contributed by atoms with Gasteiger partial charge in [-0.15, -0.1) is 12.1 Å². The predicted molar refractivity (Wildman–Crippen MR) is 40.2 cm³/mol. The van der Waals surface area contributed by atoms with Gasteiger partial charge < -0.3 is 4.79 Å². The van der Waals surface area contributed by atoms with E-state index in [9.17, 15) is 4.79 Å². The third-order valence-corrected chi connectivity index (χ3v) is 0.892. The van der Waals surface area contributed by atoms with Crippen LogP contribution in [0.25, 0.3) is 0 Å². The molecule has 0 atom stereocenters. The number of benzene rings is 1. The molecule has 0 N–H and O–H groups in total. The van der Waals surface area contributed by atoms with Crippen LogP contribution in [0.3, 0.4) is 0 Å². The molecule has 0 unspecified atom stereocenters. The van der Waals surface area contributed by atoms with Gasteiger partial charge in [0.1, 0.15) is 0 Å². The molecular formula is C7H5BrCuO. The van der Waals surface area contributed by atoms with Gasteiger partial charge in [0.15, 0.2) is 0 Å². The fourth-order valence-electron chi connectivity index (χ4n) is 0.506. The van der Waals surface area contributed by atoms with Gasteiger partial charge >= 0.3 is 28.3 Å². The molecule has 0 aliphatic heterocycles. The number of hydrogen-bond donors (Lipinski definition) is 0. The molecular weight excluding hydrogens is 244 g/mol. The van der Waals surface area contributed by atoms with Crippen LogP contribution in [0.4, 0.5) is 0 Å². The Balaban J connectivity index is 0.000000371. The standard InChI is InChI=1S/C7H5O.BrH.Cu/c8-6-7-4-2-1-3-5-7;;/h1-5H;1H;/q-1;;+2/p-1. The van der Waals surface area contributed by atoms with E-state index >= 15 is 0 Å². The van der Waals surface area contributed by atoms with E-state index in [-0.39, 0.29) is 0 Å². The zero-order valence-corrected chi connectivity index (χ0v) is 7.50. The van der Waals surface area contributed by atoms with Crippen LogP contribution in [0.15, 0.2) is 30.3 Å². The van der Waals surface area contributed by atoms with E-state index in [4.69, 9.17) is 0 Å². The van der Waals surface area contributed by atoms with E-state index in [2.05, 4.69) is 28.3 Å². The third kappa shape index (κ3) is 3.83. The average molecular weight is 249 g/mol. The monoisotopic (exact) mass is 247 g/mol. The predicted octanol–water partition coefficient (Wildman–Crippen LogP) is 1.99. The molecule has 0 saturated heterocycles. The van der Waals surface area contributed by atoms with Crippen molar-refractivity contribution in [1.82, 2.24) is 0 Å². The van der Waals surface area contributed by atoms with Crippen molar-refractivity contribution in [3.8, 4) is 0 Å². The molecule has 10 heavy (non-hydrogen) atoms. The van der Waals surface area contributed by atoms with Crippen LogP contribution in [0.1, 0.15) is 5.56 Å². The Kier molecular flexibility index (Phi) is 6.92. The topological polar surface area (TPSA) is 17.1 Å². The molecule has 0 amide bonds. The second-order valence-corrected chi connectivity index (χ2v) is 1.47. The molecule has 0 aliphatic rings. The van der Waals surface area contributed by atoms with Crippen LogP contribution in [0, 0.1) is 0 Å². The van der Waals surface area contributed by atoms with Crippen LogP contribution in [0.2, 0.25) is 0 Å². The van der Waals surface area contributed by atoms with Crippen molar-refractivity contribution in [2.75, 3.05) is 0 Å². The second-order valence-electron chi connectivity index (χ2n) is 1.47. The first kappa shape index (κ1) is 9.89. The van der Waals surface area contributed by atoms with Crippen LogP contribution >= 0.6 is 14.1 Å². The molecule has 1 aromatic carbocycles. The molecule has 0 fully saturated rings. The number of carbonyl (C=O) groups excluding carboxylic acids is 1. The van der Waals surface area contributed by atoms with Gasteiger partial charge in [-0.25, -0.2) is 0 Å². The summed E-state index contributed by atoms with van der Waals surface area (Å²) in [6.07, 6.45) is 1.78. The summed E-state index contributed by atoms with van der Waals surface area (Å²) in [5.41, 5.74) is 0.604. The minimum atomic E-state index is 0.604. The Bertz CT molecular complexity index is 176. The normalized spacial score (nSPS) is 7.50. The van der Waals surface area contributed by atoms with E-state index < -0.39 is 0 Å². The van der Waals surface area contributed by atoms with Gasteiger partial charge in [-0.1, -0.05) is 6.07 Å².